The predicted molar refractivity (Wildman–Crippen MR) is 83.6 cm³/mol. The van der Waals surface area contributed by atoms with Crippen LogP contribution < -0.4 is 11.1 Å². The van der Waals surface area contributed by atoms with Crippen molar-refractivity contribution in [1.29, 1.82) is 0 Å². The lowest BCUT2D eigenvalue weighted by molar-refractivity contribution is -0.145. The molecule has 0 saturated heterocycles. The highest BCUT2D eigenvalue weighted by Gasteiger charge is 2.60. The highest BCUT2D eigenvalue weighted by atomic mass is 16.1. The lowest BCUT2D eigenvalue weighted by atomic mass is 9.48. The maximum absolute atomic E-state index is 12.5. The van der Waals surface area contributed by atoms with Gasteiger partial charge in [-0.25, -0.2) is 0 Å². The molecule has 0 spiro atoms. The molecule has 0 unspecified atom stereocenters. The van der Waals surface area contributed by atoms with Crippen LogP contribution in [-0.4, -0.2) is 17.5 Å². The fourth-order valence-corrected chi connectivity index (χ4v) is 6.40. The number of nitrogens with one attached hydrogen (secondary N) is 1. The van der Waals surface area contributed by atoms with Crippen molar-refractivity contribution in [2.45, 2.75) is 82.2 Å². The van der Waals surface area contributed by atoms with Crippen molar-refractivity contribution in [3.05, 3.63) is 0 Å². The molecule has 3 heteroatoms. The van der Waals surface area contributed by atoms with Crippen LogP contribution in [0.4, 0.5) is 0 Å². The second-order valence-electron chi connectivity index (χ2n) is 8.37. The molecule has 5 aliphatic rings. The minimum Gasteiger partial charge on any atom is -0.368 e. The van der Waals surface area contributed by atoms with Crippen LogP contribution in [0.25, 0.3) is 0 Å². The third-order valence-corrected chi connectivity index (χ3v) is 7.13. The van der Waals surface area contributed by atoms with Gasteiger partial charge in [-0.05, 0) is 68.6 Å². The summed E-state index contributed by atoms with van der Waals surface area (Å²) in [6, 6.07) is 0.525. The molecule has 0 atom stereocenters. The number of amides is 1. The van der Waals surface area contributed by atoms with Crippen LogP contribution in [0.3, 0.4) is 0 Å². The largest absolute Gasteiger partial charge is 0.368 e. The van der Waals surface area contributed by atoms with E-state index >= 15 is 0 Å². The van der Waals surface area contributed by atoms with Crippen LogP contribution in [0.2, 0.25) is 0 Å². The van der Waals surface area contributed by atoms with Gasteiger partial charge in [0.1, 0.15) is 5.54 Å². The molecule has 0 aromatic heterocycles. The predicted octanol–water partition coefficient (Wildman–Crippen LogP) is 2.98. The van der Waals surface area contributed by atoms with Crippen LogP contribution >= 0.6 is 0 Å². The smallest absolute Gasteiger partial charge is 0.238 e. The summed E-state index contributed by atoms with van der Waals surface area (Å²) in [6.07, 6.45) is 14.2. The zero-order chi connectivity index (χ0) is 14.4. The maximum Gasteiger partial charge on any atom is 0.238 e. The van der Waals surface area contributed by atoms with Gasteiger partial charge in [-0.2, -0.15) is 0 Å². The van der Waals surface area contributed by atoms with Crippen LogP contribution in [0.5, 0.6) is 0 Å². The lowest BCUT2D eigenvalue weighted by Gasteiger charge is -2.60. The van der Waals surface area contributed by atoms with E-state index in [0.29, 0.717) is 17.9 Å². The Balaban J connectivity index is 1.59. The molecule has 5 rings (SSSR count). The Morgan fingerprint density at radius 1 is 0.857 bits per heavy atom. The summed E-state index contributed by atoms with van der Waals surface area (Å²) >= 11 is 0. The third-order valence-electron chi connectivity index (χ3n) is 7.13. The van der Waals surface area contributed by atoms with Gasteiger partial charge >= 0.3 is 0 Å². The van der Waals surface area contributed by atoms with Gasteiger partial charge in [0.25, 0.3) is 0 Å². The second-order valence-corrected chi connectivity index (χ2v) is 8.37. The van der Waals surface area contributed by atoms with E-state index in [4.69, 9.17) is 5.73 Å². The Hall–Kier alpha value is -0.570. The van der Waals surface area contributed by atoms with Crippen molar-refractivity contribution in [1.82, 2.24) is 5.32 Å². The Morgan fingerprint density at radius 3 is 1.86 bits per heavy atom. The van der Waals surface area contributed by atoms with Crippen molar-refractivity contribution in [3.8, 4) is 0 Å². The molecule has 21 heavy (non-hydrogen) atoms. The summed E-state index contributed by atoms with van der Waals surface area (Å²) in [6.45, 7) is 0. The summed E-state index contributed by atoms with van der Waals surface area (Å²) in [5.74, 6) is 2.77. The average molecular weight is 290 g/mol. The normalized spacial score (nSPS) is 46.5. The molecule has 4 bridgehead atoms. The van der Waals surface area contributed by atoms with E-state index in [1.165, 1.54) is 70.6 Å². The minimum atomic E-state index is -0.359. The van der Waals surface area contributed by atoms with Gasteiger partial charge in [-0.3, -0.25) is 4.79 Å². The molecule has 1 amide bonds. The van der Waals surface area contributed by atoms with Crippen LogP contribution in [-0.2, 0) is 4.79 Å². The fraction of sp³-hybridized carbons (Fsp3) is 0.944. The molecule has 0 radical (unpaired) electrons. The van der Waals surface area contributed by atoms with Crippen LogP contribution in [0.15, 0.2) is 0 Å². The molecule has 0 aromatic rings. The fourth-order valence-electron chi connectivity index (χ4n) is 6.40. The quantitative estimate of drug-likeness (QED) is 0.785. The SMILES string of the molecule is NC(=O)C1(NC2CCCCCC2)C2CC3CC(C2)CC1C3. The summed E-state index contributed by atoms with van der Waals surface area (Å²) < 4.78 is 0. The second kappa shape index (κ2) is 5.26. The molecule has 5 fully saturated rings. The van der Waals surface area contributed by atoms with Crippen molar-refractivity contribution in [2.75, 3.05) is 0 Å². The first-order valence-electron chi connectivity index (χ1n) is 9.26. The molecule has 0 aromatic carbocycles. The van der Waals surface area contributed by atoms with Crippen molar-refractivity contribution < 1.29 is 4.79 Å². The first kappa shape index (κ1) is 14.0. The van der Waals surface area contributed by atoms with Crippen molar-refractivity contribution >= 4 is 5.91 Å². The molecule has 5 saturated carbocycles. The standard InChI is InChI=1S/C18H30N2O/c19-17(21)18(20-16-5-3-1-2-4-6-16)14-8-12-7-13(10-14)11-15(18)9-12/h12-16,20H,1-11H2,(H2,19,21). The zero-order valence-electron chi connectivity index (χ0n) is 13.2. The van der Waals surface area contributed by atoms with E-state index in [2.05, 4.69) is 5.32 Å². The van der Waals surface area contributed by atoms with Crippen molar-refractivity contribution in [2.24, 2.45) is 29.4 Å². The van der Waals surface area contributed by atoms with E-state index in [0.717, 1.165) is 11.8 Å². The molecule has 3 N–H and O–H groups in total. The lowest BCUT2D eigenvalue weighted by Crippen LogP contribution is -2.72. The van der Waals surface area contributed by atoms with Gasteiger partial charge in [0.15, 0.2) is 0 Å². The van der Waals surface area contributed by atoms with E-state index in [1.807, 2.05) is 0 Å². The number of carbonyl (C=O) groups is 1. The minimum absolute atomic E-state index is 0.0412. The number of rotatable bonds is 3. The van der Waals surface area contributed by atoms with E-state index in [9.17, 15) is 4.79 Å². The zero-order valence-corrected chi connectivity index (χ0v) is 13.2. The van der Waals surface area contributed by atoms with Crippen molar-refractivity contribution in [3.63, 3.8) is 0 Å². The van der Waals surface area contributed by atoms with E-state index in [1.54, 1.807) is 0 Å². The number of carbonyl (C=O) groups excluding carboxylic acids is 1. The monoisotopic (exact) mass is 290 g/mol. The Bertz CT molecular complexity index is 383. The number of hydrogen-bond acceptors (Lipinski definition) is 2. The maximum atomic E-state index is 12.5. The van der Waals surface area contributed by atoms with Gasteiger partial charge in [0.05, 0.1) is 0 Å². The molecule has 5 aliphatic carbocycles. The Morgan fingerprint density at radius 2 is 1.38 bits per heavy atom. The van der Waals surface area contributed by atoms with Gasteiger partial charge in [-0.1, -0.05) is 25.7 Å². The Labute approximate surface area is 128 Å². The molecular weight excluding hydrogens is 260 g/mol. The first-order valence-corrected chi connectivity index (χ1v) is 9.26. The Kier molecular flexibility index (Phi) is 3.52. The van der Waals surface area contributed by atoms with Crippen LogP contribution in [0, 0.1) is 23.7 Å². The van der Waals surface area contributed by atoms with E-state index < -0.39 is 0 Å². The van der Waals surface area contributed by atoms with Gasteiger partial charge in [-0.15, -0.1) is 0 Å². The number of primary amides is 1. The van der Waals surface area contributed by atoms with E-state index in [-0.39, 0.29) is 11.4 Å². The van der Waals surface area contributed by atoms with Gasteiger partial charge in [0.2, 0.25) is 5.91 Å². The molecule has 0 heterocycles. The van der Waals surface area contributed by atoms with Crippen LogP contribution in [0.1, 0.15) is 70.6 Å². The number of nitrogens with two attached hydrogens (primary N) is 1. The topological polar surface area (TPSA) is 55.1 Å². The third kappa shape index (κ3) is 2.23. The number of hydrogen-bond donors (Lipinski definition) is 2. The average Bonchev–Trinajstić information content (AvgIpc) is 2.70. The summed E-state index contributed by atoms with van der Waals surface area (Å²) in [7, 11) is 0. The summed E-state index contributed by atoms with van der Waals surface area (Å²) in [5, 5.41) is 3.88. The first-order chi connectivity index (χ1) is 10.2. The molecule has 0 aliphatic heterocycles. The highest BCUT2D eigenvalue weighted by molar-refractivity contribution is 5.86. The van der Waals surface area contributed by atoms with Gasteiger partial charge in [0, 0.05) is 6.04 Å². The molecular formula is C18H30N2O. The van der Waals surface area contributed by atoms with Gasteiger partial charge < -0.3 is 11.1 Å². The summed E-state index contributed by atoms with van der Waals surface area (Å²) in [5.41, 5.74) is 5.65. The highest BCUT2D eigenvalue weighted by Crippen LogP contribution is 2.58. The molecule has 3 nitrogen and oxygen atoms in total. The molecule has 118 valence electrons. The summed E-state index contributed by atoms with van der Waals surface area (Å²) in [4.78, 5) is 12.5.